The van der Waals surface area contributed by atoms with Gasteiger partial charge in [0, 0.05) is 40.1 Å². The molecule has 0 unspecified atom stereocenters. The second-order valence-corrected chi connectivity index (χ2v) is 11.4. The third kappa shape index (κ3) is 9.62. The largest absolute Gasteiger partial charge is 0.321 e. The molecule has 42 heavy (non-hydrogen) atoms. The molecule has 0 fully saturated rings. The first kappa shape index (κ1) is 33.2. The zero-order chi connectivity index (χ0) is 30.3. The number of carbonyl (C=O) groups is 3. The molecule has 1 amide bonds. The van der Waals surface area contributed by atoms with Crippen LogP contribution in [0.5, 0.6) is 0 Å². The van der Waals surface area contributed by atoms with E-state index in [1.54, 1.807) is 24.3 Å². The number of ketones is 2. The predicted octanol–water partition coefficient (Wildman–Crippen LogP) is 10.0. The fourth-order valence-electron chi connectivity index (χ4n) is 5.57. The smallest absolute Gasteiger partial charge is 0.294 e. The van der Waals surface area contributed by atoms with E-state index < -0.39 is 10.3 Å². The Morgan fingerprint density at radius 2 is 1.17 bits per heavy atom. The maximum Gasteiger partial charge on any atom is 0.321 e. The van der Waals surface area contributed by atoms with Crippen molar-refractivity contribution < 1.29 is 19.3 Å². The summed E-state index contributed by atoms with van der Waals surface area (Å²) in [6.45, 7) is 2.06. The van der Waals surface area contributed by atoms with E-state index in [1.165, 1.54) is 93.4 Å². The first-order chi connectivity index (χ1) is 20.3. The molecule has 0 spiro atoms. The third-order valence-electron chi connectivity index (χ3n) is 8.01. The second-order valence-electron chi connectivity index (χ2n) is 11.1. The Bertz CT molecular complexity index is 1250. The fraction of sp³-hybridized carbons (Fsp3) is 0.500. The van der Waals surface area contributed by atoms with Crippen LogP contribution in [-0.4, -0.2) is 28.4 Å². The van der Waals surface area contributed by atoms with Gasteiger partial charge in [0.05, 0.1) is 11.5 Å². The van der Waals surface area contributed by atoms with Crippen LogP contribution in [0.25, 0.3) is 0 Å². The van der Waals surface area contributed by atoms with Crippen LogP contribution in [0.15, 0.2) is 59.7 Å². The number of nitrogens with zero attached hydrogens (tertiary/aromatic N) is 2. The van der Waals surface area contributed by atoms with Gasteiger partial charge in [-0.1, -0.05) is 115 Å². The summed E-state index contributed by atoms with van der Waals surface area (Å²) in [5.41, 5.74) is 1.54. The monoisotopic (exact) mass is 594 g/mol. The molecule has 226 valence electrons. The van der Waals surface area contributed by atoms with E-state index >= 15 is 0 Å². The number of benzene rings is 2. The van der Waals surface area contributed by atoms with Crippen molar-refractivity contribution in [3.8, 4) is 0 Å². The van der Waals surface area contributed by atoms with Crippen LogP contribution in [-0.2, 0) is 0 Å². The Kier molecular flexibility index (Phi) is 13.9. The van der Waals surface area contributed by atoms with Crippen molar-refractivity contribution in [2.24, 2.45) is 0 Å². The first-order valence-corrected chi connectivity index (χ1v) is 15.8. The van der Waals surface area contributed by atoms with Gasteiger partial charge in [-0.05, 0) is 36.6 Å². The summed E-state index contributed by atoms with van der Waals surface area (Å²) in [6.07, 6.45) is 17.6. The second kappa shape index (κ2) is 17.6. The average molecular weight is 595 g/mol. The molecule has 3 rings (SSSR count). The van der Waals surface area contributed by atoms with Crippen LogP contribution < -0.4 is 4.90 Å². The SMILES string of the molecule is CCCCCCCCCCCCCCCCC1=C(CN(C(=O)Cl)c2ccc([N+](=O)[O-])cc2)C(=O)c2ccccc2C1=O. The molecule has 0 saturated heterocycles. The lowest BCUT2D eigenvalue weighted by Gasteiger charge is -2.26. The summed E-state index contributed by atoms with van der Waals surface area (Å²) in [7, 11) is 0. The molecule has 7 nitrogen and oxygen atoms in total. The lowest BCUT2D eigenvalue weighted by atomic mass is 9.81. The lowest BCUT2D eigenvalue weighted by molar-refractivity contribution is -0.384. The van der Waals surface area contributed by atoms with E-state index in [-0.39, 0.29) is 29.4 Å². The summed E-state index contributed by atoms with van der Waals surface area (Å²) in [4.78, 5) is 51.2. The van der Waals surface area contributed by atoms with Crippen molar-refractivity contribution in [2.45, 2.75) is 103 Å². The highest BCUT2D eigenvalue weighted by Gasteiger charge is 2.33. The van der Waals surface area contributed by atoms with Crippen LogP contribution in [0.1, 0.15) is 124 Å². The molecule has 0 heterocycles. The van der Waals surface area contributed by atoms with Gasteiger partial charge < -0.3 is 0 Å². The number of hydrogen-bond donors (Lipinski definition) is 0. The van der Waals surface area contributed by atoms with Crippen LogP contribution in [0.3, 0.4) is 0 Å². The number of fused-ring (bicyclic) bond motifs is 1. The summed E-state index contributed by atoms with van der Waals surface area (Å²) in [5.74, 6) is -0.490. The van der Waals surface area contributed by atoms with E-state index in [2.05, 4.69) is 6.92 Å². The molecule has 0 N–H and O–H groups in total. The van der Waals surface area contributed by atoms with E-state index in [9.17, 15) is 24.5 Å². The van der Waals surface area contributed by atoms with Crippen LogP contribution in [0.4, 0.5) is 16.2 Å². The predicted molar refractivity (Wildman–Crippen MR) is 169 cm³/mol. The number of rotatable bonds is 19. The number of unbranched alkanes of at least 4 members (excludes halogenated alkanes) is 13. The Morgan fingerprint density at radius 1 is 0.714 bits per heavy atom. The van der Waals surface area contributed by atoms with Crippen molar-refractivity contribution >= 4 is 39.9 Å². The average Bonchev–Trinajstić information content (AvgIpc) is 2.99. The fourth-order valence-corrected chi connectivity index (χ4v) is 5.73. The minimum atomic E-state index is -0.841. The van der Waals surface area contributed by atoms with Gasteiger partial charge in [-0.2, -0.15) is 0 Å². The molecule has 8 heteroatoms. The van der Waals surface area contributed by atoms with Gasteiger partial charge in [0.1, 0.15) is 0 Å². The molecule has 2 aromatic carbocycles. The number of nitro benzene ring substituents is 1. The highest BCUT2D eigenvalue weighted by Crippen LogP contribution is 2.32. The van der Waals surface area contributed by atoms with Crippen LogP contribution >= 0.6 is 11.6 Å². The van der Waals surface area contributed by atoms with Crippen molar-refractivity contribution in [3.63, 3.8) is 0 Å². The molecular weight excluding hydrogens is 552 g/mol. The summed E-state index contributed by atoms with van der Waals surface area (Å²) >= 11 is 5.91. The molecular formula is C34H43ClN2O5. The number of non-ortho nitro benzene ring substituents is 1. The van der Waals surface area contributed by atoms with Crippen molar-refractivity contribution in [1.29, 1.82) is 0 Å². The highest BCUT2D eigenvalue weighted by molar-refractivity contribution is 6.66. The Labute approximate surface area is 254 Å². The zero-order valence-corrected chi connectivity index (χ0v) is 25.5. The molecule has 2 aromatic rings. The lowest BCUT2D eigenvalue weighted by Crippen LogP contribution is -2.34. The molecule has 0 aliphatic heterocycles. The standard InChI is InChI=1S/C34H43ClN2O5/c1-2-3-4-5-6-7-8-9-10-11-12-13-14-15-18-30-31(33(39)29-20-17-16-19-28(29)32(30)38)25-36(34(35)40)26-21-23-27(24-22-26)37(41)42/h16-17,19-24H,2-15,18,25H2,1H3. The minimum Gasteiger partial charge on any atom is -0.294 e. The molecule has 0 saturated carbocycles. The number of halogens is 1. The van der Waals surface area contributed by atoms with E-state index in [0.29, 0.717) is 28.8 Å². The quantitative estimate of drug-likeness (QED) is 0.0530. The molecule has 1 aliphatic rings. The van der Waals surface area contributed by atoms with E-state index in [1.807, 2.05) is 0 Å². The number of hydrogen-bond acceptors (Lipinski definition) is 5. The third-order valence-corrected chi connectivity index (χ3v) is 8.21. The highest BCUT2D eigenvalue weighted by atomic mass is 35.5. The van der Waals surface area contributed by atoms with E-state index in [0.717, 1.165) is 25.7 Å². The van der Waals surface area contributed by atoms with Crippen molar-refractivity contribution in [3.05, 3.63) is 80.9 Å². The number of amides is 1. The number of allylic oxidation sites excluding steroid dienone is 1. The molecule has 0 atom stereocenters. The van der Waals surface area contributed by atoms with Crippen LogP contribution in [0, 0.1) is 10.1 Å². The number of nitro groups is 1. The zero-order valence-electron chi connectivity index (χ0n) is 24.7. The van der Waals surface area contributed by atoms with Crippen LogP contribution in [0.2, 0.25) is 0 Å². The van der Waals surface area contributed by atoms with Gasteiger partial charge >= 0.3 is 5.37 Å². The van der Waals surface area contributed by atoms with Gasteiger partial charge in [0.15, 0.2) is 11.6 Å². The summed E-state index contributed by atoms with van der Waals surface area (Å²) in [6, 6.07) is 12.1. The van der Waals surface area contributed by atoms with Gasteiger partial charge in [-0.3, -0.25) is 29.4 Å². The summed E-state index contributed by atoms with van der Waals surface area (Å²) in [5, 5.41) is 10.2. The topological polar surface area (TPSA) is 97.6 Å². The van der Waals surface area contributed by atoms with Gasteiger partial charge in [0.2, 0.25) is 0 Å². The maximum absolute atomic E-state index is 13.6. The number of carbonyl (C=O) groups excluding carboxylic acids is 3. The maximum atomic E-state index is 13.6. The molecule has 1 aliphatic carbocycles. The normalized spacial score (nSPS) is 12.9. The number of Topliss-reactive ketones (excluding diaryl/α,β-unsaturated/α-hetero) is 2. The van der Waals surface area contributed by atoms with Gasteiger partial charge in [0.25, 0.3) is 5.69 Å². The van der Waals surface area contributed by atoms with E-state index in [4.69, 9.17) is 11.6 Å². The Morgan fingerprint density at radius 3 is 1.62 bits per heavy atom. The molecule has 0 radical (unpaired) electrons. The Hall–Kier alpha value is -3.32. The minimum absolute atomic E-state index is 0.128. The van der Waals surface area contributed by atoms with Crippen molar-refractivity contribution in [1.82, 2.24) is 0 Å². The van der Waals surface area contributed by atoms with Crippen molar-refractivity contribution in [2.75, 3.05) is 11.4 Å². The molecule has 0 bridgehead atoms. The first-order valence-electron chi connectivity index (χ1n) is 15.5. The molecule has 0 aromatic heterocycles. The summed E-state index contributed by atoms with van der Waals surface area (Å²) < 4.78 is 0. The Balaban J connectivity index is 1.58. The number of anilines is 1. The van der Waals surface area contributed by atoms with Gasteiger partial charge in [-0.15, -0.1) is 0 Å². The van der Waals surface area contributed by atoms with Gasteiger partial charge in [-0.25, -0.2) is 0 Å².